The number of carbonyl (C=O) groups is 3. The summed E-state index contributed by atoms with van der Waals surface area (Å²) in [4.78, 5) is 34.4. The number of hydrazine groups is 1. The molecule has 2 rings (SSSR count). The molecule has 3 amide bonds. The molecule has 0 atom stereocenters. The lowest BCUT2D eigenvalue weighted by atomic mass is 10.2. The first-order valence-electron chi connectivity index (χ1n) is 7.86. The van der Waals surface area contributed by atoms with E-state index in [1.54, 1.807) is 0 Å². The van der Waals surface area contributed by atoms with Crippen molar-refractivity contribution in [1.29, 1.82) is 0 Å². The highest BCUT2D eigenvalue weighted by Gasteiger charge is 2.27. The van der Waals surface area contributed by atoms with Gasteiger partial charge in [0.05, 0.1) is 18.6 Å². The Labute approximate surface area is 150 Å². The summed E-state index contributed by atoms with van der Waals surface area (Å²) in [5, 5.41) is 2.35. The number of methoxy groups -OCH3 is 1. The van der Waals surface area contributed by atoms with E-state index in [0.717, 1.165) is 20.0 Å². The van der Waals surface area contributed by atoms with Gasteiger partial charge in [-0.3, -0.25) is 15.0 Å². The highest BCUT2D eigenvalue weighted by Crippen LogP contribution is 2.21. The van der Waals surface area contributed by atoms with Gasteiger partial charge in [0.25, 0.3) is 11.8 Å². The number of carbonyl (C=O) groups excluding carboxylic acids is 3. The number of sulfonamides is 1. The van der Waals surface area contributed by atoms with E-state index in [4.69, 9.17) is 0 Å². The Hall–Kier alpha value is -2.66. The second-order valence-corrected chi connectivity index (χ2v) is 7.42. The van der Waals surface area contributed by atoms with Crippen molar-refractivity contribution in [3.05, 3.63) is 29.8 Å². The van der Waals surface area contributed by atoms with Gasteiger partial charge >= 0.3 is 6.09 Å². The van der Waals surface area contributed by atoms with Crippen molar-refractivity contribution in [3.63, 3.8) is 0 Å². The van der Waals surface area contributed by atoms with Gasteiger partial charge in [-0.1, -0.05) is 0 Å². The maximum Gasteiger partial charge on any atom is 0.425 e. The molecule has 1 aliphatic heterocycles. The van der Waals surface area contributed by atoms with Crippen molar-refractivity contribution in [1.82, 2.24) is 20.5 Å². The predicted molar refractivity (Wildman–Crippen MR) is 90.5 cm³/mol. The zero-order chi connectivity index (χ0) is 19.2. The molecule has 26 heavy (non-hydrogen) atoms. The highest BCUT2D eigenvalue weighted by atomic mass is 32.2. The van der Waals surface area contributed by atoms with Gasteiger partial charge < -0.3 is 10.1 Å². The van der Waals surface area contributed by atoms with Crippen LogP contribution in [0.4, 0.5) is 4.79 Å². The molecule has 1 fully saturated rings. The van der Waals surface area contributed by atoms with Crippen molar-refractivity contribution in [3.8, 4) is 0 Å². The summed E-state index contributed by atoms with van der Waals surface area (Å²) in [7, 11) is -2.40. The summed E-state index contributed by atoms with van der Waals surface area (Å²) < 4.78 is 30.5. The van der Waals surface area contributed by atoms with Gasteiger partial charge in [-0.25, -0.2) is 18.6 Å². The molecule has 0 radical (unpaired) electrons. The summed E-state index contributed by atoms with van der Waals surface area (Å²) in [6.07, 6.45) is 0.832. The Balaban J connectivity index is 1.90. The van der Waals surface area contributed by atoms with E-state index in [9.17, 15) is 22.8 Å². The third kappa shape index (κ3) is 4.92. The van der Waals surface area contributed by atoms with E-state index in [2.05, 4.69) is 10.1 Å². The molecule has 0 unspecified atom stereocenters. The van der Waals surface area contributed by atoms with E-state index in [-0.39, 0.29) is 17.0 Å². The van der Waals surface area contributed by atoms with E-state index < -0.39 is 27.9 Å². The molecule has 1 saturated heterocycles. The lowest BCUT2D eigenvalue weighted by Crippen LogP contribution is -2.46. The number of hydrogen-bond acceptors (Lipinski definition) is 6. The van der Waals surface area contributed by atoms with E-state index >= 15 is 0 Å². The number of rotatable bonds is 5. The van der Waals surface area contributed by atoms with Crippen LogP contribution in [0.25, 0.3) is 0 Å². The molecular weight excluding hydrogens is 364 g/mol. The second-order valence-electron chi connectivity index (χ2n) is 5.48. The Kier molecular flexibility index (Phi) is 6.52. The molecule has 10 nitrogen and oxygen atoms in total. The number of benzene rings is 1. The lowest BCUT2D eigenvalue weighted by Gasteiger charge is -2.15. The van der Waals surface area contributed by atoms with Crippen LogP contribution >= 0.6 is 0 Å². The molecular formula is C15H20N4O6S. The van der Waals surface area contributed by atoms with E-state index in [1.165, 1.54) is 28.6 Å². The van der Waals surface area contributed by atoms with Crippen molar-refractivity contribution >= 4 is 27.9 Å². The molecule has 0 saturated carbocycles. The summed E-state index contributed by atoms with van der Waals surface area (Å²) in [5.41, 5.74) is 4.21. The molecule has 1 aromatic rings. The normalized spacial score (nSPS) is 14.5. The van der Waals surface area contributed by atoms with Crippen molar-refractivity contribution < 1.29 is 27.5 Å². The molecule has 0 spiro atoms. The number of nitrogens with one attached hydrogen (secondary N) is 3. The minimum absolute atomic E-state index is 0.121. The molecule has 11 heteroatoms. The maximum absolute atomic E-state index is 12.4. The van der Waals surface area contributed by atoms with Gasteiger partial charge in [0.1, 0.15) is 0 Å². The van der Waals surface area contributed by atoms with Crippen molar-refractivity contribution in [2.45, 2.75) is 17.7 Å². The SMILES string of the molecule is COC(=O)NNC(=O)CNC(=O)c1ccc(S(=O)(=O)N2CCCC2)cc1. The molecule has 1 aromatic carbocycles. The smallest absolute Gasteiger partial charge is 0.425 e. The summed E-state index contributed by atoms with van der Waals surface area (Å²) in [6.45, 7) is 0.620. The molecule has 0 bridgehead atoms. The Morgan fingerprint density at radius 1 is 1.08 bits per heavy atom. The minimum Gasteiger partial charge on any atom is -0.452 e. The molecule has 0 aliphatic carbocycles. The highest BCUT2D eigenvalue weighted by molar-refractivity contribution is 7.89. The largest absolute Gasteiger partial charge is 0.452 e. The summed E-state index contributed by atoms with van der Waals surface area (Å²) >= 11 is 0. The van der Waals surface area contributed by atoms with E-state index in [1.807, 2.05) is 10.9 Å². The average molecular weight is 384 g/mol. The summed E-state index contributed by atoms with van der Waals surface area (Å²) in [5.74, 6) is -1.21. The first kappa shape index (κ1) is 19.7. The number of amides is 3. The topological polar surface area (TPSA) is 134 Å². The first-order chi connectivity index (χ1) is 12.3. The van der Waals surface area contributed by atoms with Crippen LogP contribution in [0, 0.1) is 0 Å². The number of nitrogens with zero attached hydrogens (tertiary/aromatic N) is 1. The summed E-state index contributed by atoms with van der Waals surface area (Å²) in [6, 6.07) is 5.48. The van der Waals surface area contributed by atoms with Crippen molar-refractivity contribution in [2.24, 2.45) is 0 Å². The molecule has 1 aliphatic rings. The van der Waals surface area contributed by atoms with Crippen LogP contribution in [0.5, 0.6) is 0 Å². The Morgan fingerprint density at radius 2 is 1.69 bits per heavy atom. The fourth-order valence-electron chi connectivity index (χ4n) is 2.33. The predicted octanol–water partition coefficient (Wildman–Crippen LogP) is -0.412. The molecule has 3 N–H and O–H groups in total. The molecule has 142 valence electrons. The molecule has 1 heterocycles. The van der Waals surface area contributed by atoms with E-state index in [0.29, 0.717) is 13.1 Å². The zero-order valence-corrected chi connectivity index (χ0v) is 15.0. The van der Waals surface area contributed by atoms with Gasteiger partial charge in [0.15, 0.2) is 0 Å². The minimum atomic E-state index is -3.54. The van der Waals surface area contributed by atoms with Crippen molar-refractivity contribution in [2.75, 3.05) is 26.7 Å². The van der Waals surface area contributed by atoms with Gasteiger partial charge in [0.2, 0.25) is 10.0 Å². The zero-order valence-electron chi connectivity index (χ0n) is 14.1. The fraction of sp³-hybridized carbons (Fsp3) is 0.400. The van der Waals surface area contributed by atoms with Crippen LogP contribution in [-0.2, 0) is 19.6 Å². The third-order valence-corrected chi connectivity index (χ3v) is 5.63. The average Bonchev–Trinajstić information content (AvgIpc) is 3.19. The third-order valence-electron chi connectivity index (χ3n) is 3.72. The monoisotopic (exact) mass is 384 g/mol. The van der Waals surface area contributed by atoms with Crippen LogP contribution in [0.1, 0.15) is 23.2 Å². The van der Waals surface area contributed by atoms with Crippen LogP contribution in [0.3, 0.4) is 0 Å². The van der Waals surface area contributed by atoms with Gasteiger partial charge in [-0.2, -0.15) is 4.31 Å². The Morgan fingerprint density at radius 3 is 2.27 bits per heavy atom. The maximum atomic E-state index is 12.4. The quantitative estimate of drug-likeness (QED) is 0.591. The second kappa shape index (κ2) is 8.63. The van der Waals surface area contributed by atoms with Crippen LogP contribution in [-0.4, -0.2) is 57.4 Å². The fourth-order valence-corrected chi connectivity index (χ4v) is 3.85. The van der Waals surface area contributed by atoms with Gasteiger partial charge in [0, 0.05) is 18.7 Å². The van der Waals surface area contributed by atoms with Crippen LogP contribution in [0.2, 0.25) is 0 Å². The van der Waals surface area contributed by atoms with Gasteiger partial charge in [-0.05, 0) is 37.1 Å². The standard InChI is InChI=1S/C15H20N4O6S/c1-25-15(22)18-17-13(20)10-16-14(21)11-4-6-12(7-5-11)26(23,24)19-8-2-3-9-19/h4-7H,2-3,8-10H2,1H3,(H,16,21)(H,17,20)(H,18,22). The van der Waals surface area contributed by atoms with Crippen LogP contribution in [0.15, 0.2) is 29.2 Å². The molecule has 0 aromatic heterocycles. The lowest BCUT2D eigenvalue weighted by molar-refractivity contribution is -0.120. The Bertz CT molecular complexity index is 772. The number of hydrogen-bond donors (Lipinski definition) is 3. The van der Waals surface area contributed by atoms with Gasteiger partial charge in [-0.15, -0.1) is 0 Å². The van der Waals surface area contributed by atoms with Crippen LogP contribution < -0.4 is 16.2 Å². The first-order valence-corrected chi connectivity index (χ1v) is 9.30. The number of ether oxygens (including phenoxy) is 1.